The van der Waals surface area contributed by atoms with Crippen LogP contribution in [0.2, 0.25) is 0 Å². The summed E-state index contributed by atoms with van der Waals surface area (Å²) in [4.78, 5) is 15.8. The van der Waals surface area contributed by atoms with E-state index in [2.05, 4.69) is 15.7 Å². The largest absolute Gasteiger partial charge is 0.349 e. The topological polar surface area (TPSA) is 80.0 Å². The zero-order chi connectivity index (χ0) is 13.8. The molecule has 1 unspecified atom stereocenters. The second-order valence-corrected chi connectivity index (χ2v) is 4.92. The van der Waals surface area contributed by atoms with Crippen LogP contribution in [0, 0.1) is 11.7 Å². The number of pyridine rings is 1. The van der Waals surface area contributed by atoms with E-state index in [1.807, 2.05) is 6.92 Å². The van der Waals surface area contributed by atoms with Crippen LogP contribution < -0.4 is 16.6 Å². The van der Waals surface area contributed by atoms with Crippen molar-refractivity contribution in [2.45, 2.75) is 38.6 Å². The van der Waals surface area contributed by atoms with Crippen molar-refractivity contribution >= 4 is 11.7 Å². The van der Waals surface area contributed by atoms with E-state index >= 15 is 0 Å². The number of carbonyl (C=O) groups excluding carboxylic acids is 1. The fourth-order valence-corrected chi connectivity index (χ4v) is 2.07. The van der Waals surface area contributed by atoms with Gasteiger partial charge in [-0.05, 0) is 24.8 Å². The third kappa shape index (κ3) is 3.41. The van der Waals surface area contributed by atoms with E-state index in [4.69, 9.17) is 5.84 Å². The van der Waals surface area contributed by atoms with Crippen LogP contribution in [-0.4, -0.2) is 16.9 Å². The van der Waals surface area contributed by atoms with E-state index in [9.17, 15) is 9.18 Å². The molecule has 1 amide bonds. The summed E-state index contributed by atoms with van der Waals surface area (Å²) < 4.78 is 13.9. The normalized spacial score (nSPS) is 15.9. The quantitative estimate of drug-likeness (QED) is 0.542. The molecule has 5 nitrogen and oxygen atoms in total. The Morgan fingerprint density at radius 1 is 1.63 bits per heavy atom. The highest BCUT2D eigenvalue weighted by atomic mass is 19.1. The van der Waals surface area contributed by atoms with E-state index < -0.39 is 11.7 Å². The van der Waals surface area contributed by atoms with Gasteiger partial charge in [-0.2, -0.15) is 0 Å². The molecule has 1 aromatic heterocycles. The maximum Gasteiger partial charge on any atom is 0.254 e. The number of hydrazine groups is 1. The molecule has 1 heterocycles. The van der Waals surface area contributed by atoms with Gasteiger partial charge in [0.05, 0.1) is 5.56 Å². The van der Waals surface area contributed by atoms with Crippen molar-refractivity contribution in [2.24, 2.45) is 11.8 Å². The molecule has 0 aromatic carbocycles. The third-order valence-electron chi connectivity index (χ3n) is 3.41. The maximum absolute atomic E-state index is 13.9. The summed E-state index contributed by atoms with van der Waals surface area (Å²) in [6, 6.07) is 1.46. The van der Waals surface area contributed by atoms with Crippen LogP contribution in [0.15, 0.2) is 12.3 Å². The number of nitrogens with two attached hydrogens (primary N) is 1. The highest BCUT2D eigenvalue weighted by Crippen LogP contribution is 2.34. The van der Waals surface area contributed by atoms with Gasteiger partial charge in [0, 0.05) is 12.2 Å². The molecule has 1 saturated carbocycles. The number of nitrogens with zero attached hydrogens (tertiary/aromatic N) is 1. The molecule has 0 saturated heterocycles. The molecule has 1 fully saturated rings. The Morgan fingerprint density at radius 2 is 2.37 bits per heavy atom. The number of hydrogen-bond donors (Lipinski definition) is 3. The maximum atomic E-state index is 13.9. The Hall–Kier alpha value is -1.69. The van der Waals surface area contributed by atoms with Gasteiger partial charge in [0.15, 0.2) is 11.6 Å². The van der Waals surface area contributed by atoms with E-state index in [-0.39, 0.29) is 17.4 Å². The molecule has 1 aliphatic carbocycles. The first kappa shape index (κ1) is 13.7. The summed E-state index contributed by atoms with van der Waals surface area (Å²) in [6.45, 7) is 2.02. The van der Waals surface area contributed by atoms with Gasteiger partial charge >= 0.3 is 0 Å². The first-order valence-corrected chi connectivity index (χ1v) is 6.57. The molecule has 0 bridgehead atoms. The lowest BCUT2D eigenvalue weighted by atomic mass is 10.1. The van der Waals surface area contributed by atoms with E-state index in [1.54, 1.807) is 0 Å². The number of rotatable bonds is 6. The van der Waals surface area contributed by atoms with Crippen LogP contribution in [0.25, 0.3) is 0 Å². The van der Waals surface area contributed by atoms with Crippen LogP contribution in [0.5, 0.6) is 0 Å². The predicted molar refractivity (Wildman–Crippen MR) is 70.9 cm³/mol. The van der Waals surface area contributed by atoms with Crippen molar-refractivity contribution in [3.63, 3.8) is 0 Å². The second kappa shape index (κ2) is 5.97. The molecule has 6 heteroatoms. The van der Waals surface area contributed by atoms with Gasteiger partial charge < -0.3 is 10.7 Å². The first-order valence-electron chi connectivity index (χ1n) is 6.57. The minimum atomic E-state index is -0.719. The highest BCUT2D eigenvalue weighted by molar-refractivity contribution is 5.95. The van der Waals surface area contributed by atoms with Crippen molar-refractivity contribution in [1.29, 1.82) is 0 Å². The smallest absolute Gasteiger partial charge is 0.254 e. The van der Waals surface area contributed by atoms with E-state index in [1.165, 1.54) is 25.1 Å². The number of amides is 1. The lowest BCUT2D eigenvalue weighted by Crippen LogP contribution is -2.35. The Morgan fingerprint density at radius 3 is 2.95 bits per heavy atom. The van der Waals surface area contributed by atoms with Gasteiger partial charge in [0.1, 0.15) is 0 Å². The van der Waals surface area contributed by atoms with Crippen LogP contribution >= 0.6 is 0 Å². The van der Waals surface area contributed by atoms with Crippen molar-refractivity contribution in [3.8, 4) is 0 Å². The summed E-state index contributed by atoms with van der Waals surface area (Å²) in [7, 11) is 0. The number of anilines is 1. The zero-order valence-electron chi connectivity index (χ0n) is 10.9. The van der Waals surface area contributed by atoms with Gasteiger partial charge in [-0.15, -0.1) is 0 Å². The van der Waals surface area contributed by atoms with Crippen molar-refractivity contribution in [2.75, 3.05) is 5.43 Å². The number of hydrogen-bond acceptors (Lipinski definition) is 4. The predicted octanol–water partition coefficient (Wildman–Crippen LogP) is 1.81. The first-order chi connectivity index (χ1) is 9.15. The van der Waals surface area contributed by atoms with Crippen molar-refractivity contribution in [1.82, 2.24) is 10.3 Å². The average Bonchev–Trinajstić information content (AvgIpc) is 3.22. The molecule has 4 N–H and O–H groups in total. The summed E-state index contributed by atoms with van der Waals surface area (Å²) >= 11 is 0. The van der Waals surface area contributed by atoms with Crippen molar-refractivity contribution in [3.05, 3.63) is 23.6 Å². The average molecular weight is 266 g/mol. The minimum absolute atomic E-state index is 0.0304. The van der Waals surface area contributed by atoms with Gasteiger partial charge in [0.2, 0.25) is 0 Å². The van der Waals surface area contributed by atoms with E-state index in [0.29, 0.717) is 5.92 Å². The van der Waals surface area contributed by atoms with Crippen molar-refractivity contribution < 1.29 is 9.18 Å². The lowest BCUT2D eigenvalue weighted by molar-refractivity contribution is 0.0928. The molecule has 0 radical (unpaired) electrons. The Kier molecular flexibility index (Phi) is 4.31. The fraction of sp³-hybridized carbons (Fsp3) is 0.538. The Balaban J connectivity index is 2.05. The molecular formula is C13H19FN4O. The van der Waals surface area contributed by atoms with Crippen LogP contribution in [0.1, 0.15) is 43.0 Å². The number of nitrogen functional groups attached to an aromatic ring is 1. The fourth-order valence-electron chi connectivity index (χ4n) is 2.07. The SMILES string of the molecule is CCC(CC1CC1)NC(=O)c1ccnc(NN)c1F. The molecule has 0 aliphatic heterocycles. The van der Waals surface area contributed by atoms with Crippen LogP contribution in [0.4, 0.5) is 10.2 Å². The van der Waals surface area contributed by atoms with Crippen LogP contribution in [0.3, 0.4) is 0 Å². The Labute approximate surface area is 111 Å². The summed E-state index contributed by atoms with van der Waals surface area (Å²) in [6.07, 6.45) is 5.64. The molecule has 1 aliphatic rings. The third-order valence-corrected chi connectivity index (χ3v) is 3.41. The van der Waals surface area contributed by atoms with Gasteiger partial charge in [-0.1, -0.05) is 19.8 Å². The molecule has 0 spiro atoms. The molecule has 1 atom stereocenters. The molecule has 104 valence electrons. The van der Waals surface area contributed by atoms with E-state index in [0.717, 1.165) is 12.8 Å². The Bertz CT molecular complexity index is 462. The number of halogens is 1. The molecule has 1 aromatic rings. The number of nitrogens with one attached hydrogen (secondary N) is 2. The van der Waals surface area contributed by atoms with Gasteiger partial charge in [-0.3, -0.25) is 4.79 Å². The monoisotopic (exact) mass is 266 g/mol. The van der Waals surface area contributed by atoms with Gasteiger partial charge in [-0.25, -0.2) is 15.2 Å². The standard InChI is InChI=1S/C13H19FN4O/c1-2-9(7-8-3-4-8)17-13(19)10-5-6-16-12(18-15)11(10)14/h5-6,8-9H,2-4,7,15H2,1H3,(H,16,18)(H,17,19). The second-order valence-electron chi connectivity index (χ2n) is 4.92. The number of aromatic nitrogens is 1. The van der Waals surface area contributed by atoms with Crippen LogP contribution in [-0.2, 0) is 0 Å². The zero-order valence-corrected chi connectivity index (χ0v) is 10.9. The lowest BCUT2D eigenvalue weighted by Gasteiger charge is -2.17. The molecule has 19 heavy (non-hydrogen) atoms. The summed E-state index contributed by atoms with van der Waals surface area (Å²) in [5.41, 5.74) is 2.10. The summed E-state index contributed by atoms with van der Waals surface area (Å²) in [5, 5.41) is 2.87. The highest BCUT2D eigenvalue weighted by Gasteiger charge is 2.26. The number of carbonyl (C=O) groups is 1. The molecule has 2 rings (SSSR count). The summed E-state index contributed by atoms with van der Waals surface area (Å²) in [5.74, 6) is 4.60. The van der Waals surface area contributed by atoms with Gasteiger partial charge in [0.25, 0.3) is 5.91 Å². The molecular weight excluding hydrogens is 247 g/mol. The minimum Gasteiger partial charge on any atom is -0.349 e.